The number of ether oxygens (including phenoxy) is 1. The number of fused-ring (bicyclic) bond motifs is 1. The molecule has 1 saturated heterocycles. The van der Waals surface area contributed by atoms with Crippen molar-refractivity contribution in [2.24, 2.45) is 0 Å². The van der Waals surface area contributed by atoms with E-state index < -0.39 is 11.7 Å². The average Bonchev–Trinajstić information content (AvgIpc) is 3.08. The molecular formula is C23H24F3N3O2. The zero-order valence-corrected chi connectivity index (χ0v) is 17.7. The number of piperidine rings is 1. The molecule has 0 saturated carbocycles. The molecule has 0 radical (unpaired) electrons. The molecular weight excluding hydrogens is 407 g/mol. The minimum Gasteiger partial charge on any atom is -0.496 e. The molecule has 31 heavy (non-hydrogen) atoms. The highest BCUT2D eigenvalue weighted by molar-refractivity contribution is 5.94. The summed E-state index contributed by atoms with van der Waals surface area (Å²) < 4.78 is 46.4. The highest BCUT2D eigenvalue weighted by Crippen LogP contribution is 2.34. The van der Waals surface area contributed by atoms with Gasteiger partial charge in [0.05, 0.1) is 23.7 Å². The van der Waals surface area contributed by atoms with Crippen LogP contribution in [0.25, 0.3) is 11.0 Å². The molecule has 1 aliphatic rings. The Balaban J connectivity index is 1.52. The topological polar surface area (TPSA) is 47.4 Å². The third-order valence-corrected chi connectivity index (χ3v) is 5.97. The van der Waals surface area contributed by atoms with E-state index >= 15 is 0 Å². The lowest BCUT2D eigenvalue weighted by atomic mass is 10.0. The molecule has 4 rings (SSSR count). The monoisotopic (exact) mass is 431 g/mol. The minimum absolute atomic E-state index is 0.0428. The minimum atomic E-state index is -4.39. The number of amides is 1. The molecule has 1 fully saturated rings. The van der Waals surface area contributed by atoms with Gasteiger partial charge < -0.3 is 14.2 Å². The Kier molecular flexibility index (Phi) is 5.41. The van der Waals surface area contributed by atoms with Gasteiger partial charge in [-0.25, -0.2) is 4.98 Å². The van der Waals surface area contributed by atoms with Crippen molar-refractivity contribution in [2.45, 2.75) is 38.9 Å². The maximum absolute atomic E-state index is 13.0. The number of aromatic nitrogens is 2. The van der Waals surface area contributed by atoms with Crippen molar-refractivity contribution in [3.8, 4) is 5.75 Å². The average molecular weight is 431 g/mol. The van der Waals surface area contributed by atoms with Gasteiger partial charge in [-0.05, 0) is 62.6 Å². The number of likely N-dealkylation sites (tertiary alicyclic amines) is 1. The highest BCUT2D eigenvalue weighted by Gasteiger charge is 2.32. The van der Waals surface area contributed by atoms with Crippen molar-refractivity contribution in [3.05, 3.63) is 58.9 Å². The Hall–Kier alpha value is -3.03. The van der Waals surface area contributed by atoms with E-state index in [0.29, 0.717) is 54.1 Å². The lowest BCUT2D eigenvalue weighted by molar-refractivity contribution is -0.137. The summed E-state index contributed by atoms with van der Waals surface area (Å²) in [5.41, 5.74) is 1.90. The number of rotatable bonds is 3. The number of hydrogen-bond donors (Lipinski definition) is 0. The Morgan fingerprint density at radius 2 is 1.81 bits per heavy atom. The van der Waals surface area contributed by atoms with Gasteiger partial charge in [0.2, 0.25) is 0 Å². The maximum atomic E-state index is 13.0. The zero-order valence-electron chi connectivity index (χ0n) is 17.7. The first kappa shape index (κ1) is 21.2. The van der Waals surface area contributed by atoms with Crippen LogP contribution in [-0.2, 0) is 6.18 Å². The van der Waals surface area contributed by atoms with E-state index in [1.54, 1.807) is 19.2 Å². The number of aryl methyl sites for hydroxylation is 2. The lowest BCUT2D eigenvalue weighted by Crippen LogP contribution is -2.39. The zero-order chi connectivity index (χ0) is 22.3. The number of alkyl halides is 3. The van der Waals surface area contributed by atoms with Crippen LogP contribution in [-0.4, -0.2) is 40.6 Å². The van der Waals surface area contributed by atoms with Crippen LogP contribution in [0, 0.1) is 13.8 Å². The van der Waals surface area contributed by atoms with Crippen molar-refractivity contribution >= 4 is 16.9 Å². The van der Waals surface area contributed by atoms with Crippen molar-refractivity contribution in [1.29, 1.82) is 0 Å². The number of methoxy groups -OCH3 is 1. The number of nitrogens with zero attached hydrogens (tertiary/aromatic N) is 3. The van der Waals surface area contributed by atoms with Crippen LogP contribution in [0.5, 0.6) is 5.75 Å². The van der Waals surface area contributed by atoms with Crippen LogP contribution in [0.4, 0.5) is 13.2 Å². The first-order valence-corrected chi connectivity index (χ1v) is 10.2. The van der Waals surface area contributed by atoms with E-state index in [4.69, 9.17) is 4.74 Å². The fraction of sp³-hybridized carbons (Fsp3) is 0.391. The van der Waals surface area contributed by atoms with Crippen LogP contribution in [0.2, 0.25) is 0 Å². The summed E-state index contributed by atoms with van der Waals surface area (Å²) in [7, 11) is 1.58. The summed E-state index contributed by atoms with van der Waals surface area (Å²) in [5.74, 6) is 1.32. The fourth-order valence-corrected chi connectivity index (χ4v) is 4.32. The third-order valence-electron chi connectivity index (χ3n) is 5.97. The van der Waals surface area contributed by atoms with Gasteiger partial charge in [0, 0.05) is 24.7 Å². The second-order valence-corrected chi connectivity index (χ2v) is 7.94. The van der Waals surface area contributed by atoms with Gasteiger partial charge in [-0.2, -0.15) is 13.2 Å². The van der Waals surface area contributed by atoms with Crippen molar-refractivity contribution < 1.29 is 22.7 Å². The Labute approximate surface area is 178 Å². The largest absolute Gasteiger partial charge is 0.496 e. The summed E-state index contributed by atoms with van der Waals surface area (Å²) >= 11 is 0. The predicted octanol–water partition coefficient (Wildman–Crippen LogP) is 5.16. The van der Waals surface area contributed by atoms with Gasteiger partial charge in [0.25, 0.3) is 5.91 Å². The Morgan fingerprint density at radius 3 is 2.45 bits per heavy atom. The number of hydrogen-bond acceptors (Lipinski definition) is 3. The highest BCUT2D eigenvalue weighted by atomic mass is 19.4. The first-order valence-electron chi connectivity index (χ1n) is 10.2. The van der Waals surface area contributed by atoms with Gasteiger partial charge in [0.15, 0.2) is 0 Å². The quantitative estimate of drug-likeness (QED) is 0.576. The van der Waals surface area contributed by atoms with Gasteiger partial charge in [0.1, 0.15) is 11.6 Å². The van der Waals surface area contributed by atoms with E-state index in [2.05, 4.69) is 4.98 Å². The summed E-state index contributed by atoms with van der Waals surface area (Å²) in [4.78, 5) is 19.1. The van der Waals surface area contributed by atoms with Crippen LogP contribution in [0.15, 0.2) is 36.4 Å². The molecule has 164 valence electrons. The van der Waals surface area contributed by atoms with Gasteiger partial charge in [-0.3, -0.25) is 4.79 Å². The molecule has 0 bridgehead atoms. The van der Waals surface area contributed by atoms with E-state index in [0.717, 1.165) is 17.7 Å². The summed E-state index contributed by atoms with van der Waals surface area (Å²) in [6, 6.07) is 9.21. The molecule has 8 heteroatoms. The third kappa shape index (κ3) is 3.98. The van der Waals surface area contributed by atoms with Crippen LogP contribution >= 0.6 is 0 Å². The van der Waals surface area contributed by atoms with E-state index in [1.807, 2.05) is 29.4 Å². The smallest absolute Gasteiger partial charge is 0.416 e. The van der Waals surface area contributed by atoms with Gasteiger partial charge in [-0.1, -0.05) is 6.07 Å². The van der Waals surface area contributed by atoms with Crippen molar-refractivity contribution in [3.63, 3.8) is 0 Å². The normalized spacial score (nSPS) is 15.5. The van der Waals surface area contributed by atoms with E-state index in [9.17, 15) is 18.0 Å². The van der Waals surface area contributed by atoms with Crippen LogP contribution in [0.1, 0.15) is 46.2 Å². The molecule has 2 heterocycles. The standard InChI is InChI=1S/C23H24F3N3O2/c1-14-4-5-16(12-21(14)31-3)22(30)28-10-8-18(9-11-28)29-15(2)27-19-13-17(23(24,25)26)6-7-20(19)29/h4-7,12-13,18H,8-11H2,1-3H3. The molecule has 1 aliphatic heterocycles. The molecule has 1 aromatic heterocycles. The second-order valence-electron chi connectivity index (χ2n) is 7.94. The number of benzene rings is 2. The molecule has 5 nitrogen and oxygen atoms in total. The number of carbonyl (C=O) groups is 1. The molecule has 3 aromatic rings. The number of carbonyl (C=O) groups excluding carboxylic acids is 1. The summed E-state index contributed by atoms with van der Waals surface area (Å²) in [6.45, 7) is 4.87. The van der Waals surface area contributed by atoms with E-state index in [1.165, 1.54) is 6.07 Å². The summed E-state index contributed by atoms with van der Waals surface area (Å²) in [6.07, 6.45) is -2.97. The van der Waals surface area contributed by atoms with Gasteiger partial charge in [-0.15, -0.1) is 0 Å². The van der Waals surface area contributed by atoms with Crippen LogP contribution in [0.3, 0.4) is 0 Å². The van der Waals surface area contributed by atoms with Crippen LogP contribution < -0.4 is 4.74 Å². The molecule has 0 aliphatic carbocycles. The predicted molar refractivity (Wildman–Crippen MR) is 111 cm³/mol. The SMILES string of the molecule is COc1cc(C(=O)N2CCC(n3c(C)nc4cc(C(F)(F)F)ccc43)CC2)ccc1C. The molecule has 0 N–H and O–H groups in total. The first-order chi connectivity index (χ1) is 14.7. The Bertz CT molecular complexity index is 1130. The number of halogens is 3. The van der Waals surface area contributed by atoms with E-state index in [-0.39, 0.29) is 11.9 Å². The number of imidazole rings is 1. The fourth-order valence-electron chi connectivity index (χ4n) is 4.32. The van der Waals surface area contributed by atoms with Crippen molar-refractivity contribution in [2.75, 3.05) is 20.2 Å². The molecule has 2 aromatic carbocycles. The van der Waals surface area contributed by atoms with Gasteiger partial charge >= 0.3 is 6.18 Å². The molecule has 0 atom stereocenters. The summed E-state index contributed by atoms with van der Waals surface area (Å²) in [5, 5.41) is 0. The van der Waals surface area contributed by atoms with Crippen molar-refractivity contribution in [1.82, 2.24) is 14.5 Å². The lowest BCUT2D eigenvalue weighted by Gasteiger charge is -2.33. The Morgan fingerprint density at radius 1 is 1.10 bits per heavy atom. The molecule has 1 amide bonds. The molecule has 0 unspecified atom stereocenters. The maximum Gasteiger partial charge on any atom is 0.416 e. The molecule has 0 spiro atoms. The second kappa shape index (κ2) is 7.90.